The molecule has 0 aliphatic rings. The quantitative estimate of drug-likeness (QED) is 0.149. The molecule has 0 bridgehead atoms. The third kappa shape index (κ3) is 5.77. The van der Waals surface area contributed by atoms with Crippen molar-refractivity contribution < 1.29 is 0 Å². The number of anilines is 6. The molecule has 1 aromatic heterocycles. The fourth-order valence-corrected chi connectivity index (χ4v) is 11.6. The molecule has 0 saturated carbocycles. The summed E-state index contributed by atoms with van der Waals surface area (Å²) >= 11 is 0. The van der Waals surface area contributed by atoms with Gasteiger partial charge in [0.25, 0.3) is 0 Å². The van der Waals surface area contributed by atoms with E-state index in [0.29, 0.717) is 0 Å². The first kappa shape index (κ1) is 38.7. The highest BCUT2D eigenvalue weighted by Gasteiger charge is 2.24. The maximum Gasteiger partial charge on any atom is 0.0979 e. The van der Waals surface area contributed by atoms with E-state index >= 15 is 0 Å². The number of aromatic nitrogens is 2. The number of para-hydroxylation sites is 2. The minimum Gasteiger partial charge on any atom is -0.310 e. The lowest BCUT2D eigenvalue weighted by Crippen LogP contribution is -2.11. The Bertz CT molecular complexity index is 4530. The van der Waals surface area contributed by atoms with Crippen LogP contribution in [0.2, 0.25) is 0 Å². The first-order valence-electron chi connectivity index (χ1n) is 24.0. The SMILES string of the molecule is c1ccc(-c2cnc3c4ccc(N(c5ccccc5)c5cc6cccc7ccc8cccc5c8c76)cc4c4cc(N(c5ccccc5)c5cc6cccc7ccc8cccc5c8c76)ccc4c3n2)cc1. The number of hydrogen-bond acceptors (Lipinski definition) is 4. The van der Waals surface area contributed by atoms with Gasteiger partial charge in [-0.2, -0.15) is 0 Å². The Morgan fingerprint density at radius 3 is 1.20 bits per heavy atom. The van der Waals surface area contributed by atoms with Crippen LogP contribution in [-0.4, -0.2) is 9.97 Å². The summed E-state index contributed by atoms with van der Waals surface area (Å²) in [6.45, 7) is 0. The van der Waals surface area contributed by atoms with Crippen LogP contribution in [0.1, 0.15) is 0 Å². The first-order chi connectivity index (χ1) is 34.7. The van der Waals surface area contributed by atoms with Crippen molar-refractivity contribution in [2.45, 2.75) is 0 Å². The summed E-state index contributed by atoms with van der Waals surface area (Å²) in [5, 5.41) is 19.3. The normalized spacial score (nSPS) is 12.0. The van der Waals surface area contributed by atoms with E-state index in [2.05, 4.69) is 240 Å². The van der Waals surface area contributed by atoms with Crippen molar-refractivity contribution in [1.29, 1.82) is 0 Å². The van der Waals surface area contributed by atoms with Gasteiger partial charge in [0.05, 0.1) is 34.3 Å². The van der Waals surface area contributed by atoms with Crippen molar-refractivity contribution in [3.8, 4) is 11.3 Å². The molecule has 1 heterocycles. The van der Waals surface area contributed by atoms with E-state index in [1.54, 1.807) is 0 Å². The van der Waals surface area contributed by atoms with Crippen LogP contribution in [0.4, 0.5) is 34.1 Å². The van der Waals surface area contributed by atoms with Crippen LogP contribution >= 0.6 is 0 Å². The molecule has 324 valence electrons. The van der Waals surface area contributed by atoms with Crippen LogP contribution in [0.5, 0.6) is 0 Å². The van der Waals surface area contributed by atoms with E-state index in [9.17, 15) is 0 Å². The van der Waals surface area contributed by atoms with Crippen molar-refractivity contribution in [2.75, 3.05) is 9.80 Å². The smallest absolute Gasteiger partial charge is 0.0979 e. The molecule has 0 spiro atoms. The van der Waals surface area contributed by atoms with Crippen LogP contribution in [-0.2, 0) is 0 Å². The zero-order chi connectivity index (χ0) is 45.9. The topological polar surface area (TPSA) is 32.3 Å². The average Bonchev–Trinajstić information content (AvgIpc) is 3.43. The molecule has 0 aliphatic heterocycles. The second-order valence-electron chi connectivity index (χ2n) is 18.5. The van der Waals surface area contributed by atoms with Crippen LogP contribution in [0, 0.1) is 0 Å². The molecule has 0 radical (unpaired) electrons. The Morgan fingerprint density at radius 2 is 0.700 bits per heavy atom. The van der Waals surface area contributed by atoms with E-state index < -0.39 is 0 Å². The van der Waals surface area contributed by atoms with Crippen LogP contribution in [0.25, 0.3) is 108 Å². The third-order valence-electron chi connectivity index (χ3n) is 14.6. The van der Waals surface area contributed by atoms with E-state index in [1.807, 2.05) is 12.3 Å². The average molecular weight is 889 g/mol. The molecule has 0 atom stereocenters. The summed E-state index contributed by atoms with van der Waals surface area (Å²) in [5.74, 6) is 0. The highest BCUT2D eigenvalue weighted by Crippen LogP contribution is 2.49. The fraction of sp³-hybridized carbons (Fsp3) is 0. The van der Waals surface area contributed by atoms with Gasteiger partial charge in [0.2, 0.25) is 0 Å². The van der Waals surface area contributed by atoms with Gasteiger partial charge in [0.15, 0.2) is 0 Å². The standard InChI is InChI=1S/C66H40N4/c1-4-14-41(15-5-1)58-40-67-65-52-34-32-50(69(48-22-6-2-7-23-48)59-36-46-20-10-16-42-28-30-44-18-12-26-54(59)63(44)61(42)46)38-56(52)57-39-51(33-35-53(57)66(65)68-58)70(49-24-8-3-9-25-49)60-37-47-21-11-17-43-29-31-45-19-13-27-55(60)64(45)62(43)47/h1-40H. The minimum atomic E-state index is 0.845. The van der Waals surface area contributed by atoms with Gasteiger partial charge in [0.1, 0.15) is 0 Å². The largest absolute Gasteiger partial charge is 0.310 e. The van der Waals surface area contributed by atoms with E-state index in [1.165, 1.54) is 64.6 Å². The van der Waals surface area contributed by atoms with Crippen LogP contribution < -0.4 is 9.80 Å². The molecule has 0 aliphatic carbocycles. The summed E-state index contributed by atoms with van der Waals surface area (Å²) in [5.41, 5.74) is 10.2. The first-order valence-corrected chi connectivity index (χ1v) is 24.0. The molecular weight excluding hydrogens is 849 g/mol. The lowest BCUT2D eigenvalue weighted by atomic mass is 9.92. The second-order valence-corrected chi connectivity index (χ2v) is 18.5. The lowest BCUT2D eigenvalue weighted by Gasteiger charge is -2.29. The zero-order valence-electron chi connectivity index (χ0n) is 37.9. The monoisotopic (exact) mass is 888 g/mol. The lowest BCUT2D eigenvalue weighted by molar-refractivity contribution is 1.30. The molecule has 14 aromatic carbocycles. The Hall–Kier alpha value is -9.38. The zero-order valence-corrected chi connectivity index (χ0v) is 37.9. The van der Waals surface area contributed by atoms with E-state index in [0.717, 1.165) is 78.0 Å². The molecule has 15 aromatic rings. The fourth-order valence-electron chi connectivity index (χ4n) is 11.6. The highest BCUT2D eigenvalue weighted by atomic mass is 15.1. The molecule has 70 heavy (non-hydrogen) atoms. The minimum absolute atomic E-state index is 0.845. The number of rotatable bonds is 7. The van der Waals surface area contributed by atoms with E-state index in [-0.39, 0.29) is 0 Å². The summed E-state index contributed by atoms with van der Waals surface area (Å²) in [7, 11) is 0. The summed E-state index contributed by atoms with van der Waals surface area (Å²) < 4.78 is 0. The predicted molar refractivity (Wildman–Crippen MR) is 297 cm³/mol. The summed E-state index contributed by atoms with van der Waals surface area (Å²) in [4.78, 5) is 15.6. The third-order valence-corrected chi connectivity index (χ3v) is 14.6. The number of fused-ring (bicyclic) bond motifs is 6. The maximum absolute atomic E-state index is 5.45. The molecule has 0 unspecified atom stereocenters. The molecule has 0 fully saturated rings. The number of nitrogens with zero attached hydrogens (tertiary/aromatic N) is 4. The van der Waals surface area contributed by atoms with Crippen molar-refractivity contribution >= 4 is 131 Å². The van der Waals surface area contributed by atoms with Crippen LogP contribution in [0.3, 0.4) is 0 Å². The van der Waals surface area contributed by atoms with E-state index in [4.69, 9.17) is 9.97 Å². The van der Waals surface area contributed by atoms with Crippen molar-refractivity contribution in [1.82, 2.24) is 9.97 Å². The second kappa shape index (κ2) is 15.1. The maximum atomic E-state index is 5.45. The van der Waals surface area contributed by atoms with Gasteiger partial charge in [-0.1, -0.05) is 176 Å². The predicted octanol–water partition coefficient (Wildman–Crippen LogP) is 18.3. The number of benzene rings is 14. The summed E-state index contributed by atoms with van der Waals surface area (Å²) in [6, 6.07) is 86.3. The van der Waals surface area contributed by atoms with Gasteiger partial charge >= 0.3 is 0 Å². The van der Waals surface area contributed by atoms with Gasteiger partial charge in [-0.3, -0.25) is 4.98 Å². The van der Waals surface area contributed by atoms with Crippen molar-refractivity contribution in [3.63, 3.8) is 0 Å². The Kier molecular flexibility index (Phi) is 8.33. The molecule has 4 heteroatoms. The van der Waals surface area contributed by atoms with Gasteiger partial charge in [-0.15, -0.1) is 0 Å². The molecule has 0 N–H and O–H groups in total. The van der Waals surface area contributed by atoms with Gasteiger partial charge < -0.3 is 9.80 Å². The molecule has 0 amide bonds. The molecule has 0 saturated heterocycles. The van der Waals surface area contributed by atoms with Gasteiger partial charge in [-0.25, -0.2) is 4.98 Å². The highest BCUT2D eigenvalue weighted by molar-refractivity contribution is 6.29. The Labute approximate surface area is 403 Å². The Balaban J connectivity index is 1.03. The molecular formula is C66H40N4. The van der Waals surface area contributed by atoms with Crippen molar-refractivity contribution in [2.24, 2.45) is 0 Å². The van der Waals surface area contributed by atoms with Gasteiger partial charge in [0, 0.05) is 49.9 Å². The molecule has 15 rings (SSSR count). The Morgan fingerprint density at radius 1 is 0.271 bits per heavy atom. The van der Waals surface area contributed by atoms with Crippen molar-refractivity contribution in [3.05, 3.63) is 243 Å². The van der Waals surface area contributed by atoms with Crippen LogP contribution in [0.15, 0.2) is 243 Å². The number of hydrogen-bond donors (Lipinski definition) is 0. The molecule has 4 nitrogen and oxygen atoms in total. The summed E-state index contributed by atoms with van der Waals surface area (Å²) in [6.07, 6.45) is 1.93. The van der Waals surface area contributed by atoms with Gasteiger partial charge in [-0.05, 0) is 125 Å².